The Labute approximate surface area is 122 Å². The summed E-state index contributed by atoms with van der Waals surface area (Å²) in [6.07, 6.45) is 1.77. The Bertz CT molecular complexity index is 378. The maximum absolute atomic E-state index is 4.98. The zero-order chi connectivity index (χ0) is 12.7. The van der Waals surface area contributed by atoms with E-state index in [0.29, 0.717) is 12.5 Å². The van der Waals surface area contributed by atoms with Gasteiger partial charge < -0.3 is 4.84 Å². The molecule has 18 heavy (non-hydrogen) atoms. The summed E-state index contributed by atoms with van der Waals surface area (Å²) in [5, 5.41) is 3.90. The van der Waals surface area contributed by atoms with E-state index in [1.54, 1.807) is 6.21 Å². The van der Waals surface area contributed by atoms with Gasteiger partial charge in [0.25, 0.3) is 0 Å². The van der Waals surface area contributed by atoms with E-state index in [1.807, 2.05) is 18.7 Å². The number of rotatable bonds is 6. The summed E-state index contributed by atoms with van der Waals surface area (Å²) in [5.41, 5.74) is 2.50. The number of nitrogens with zero attached hydrogens (tertiary/aromatic N) is 1. The minimum Gasteiger partial charge on any atom is -0.396 e. The van der Waals surface area contributed by atoms with Gasteiger partial charge in [-0.3, -0.25) is 0 Å². The first kappa shape index (κ1) is 17.4. The summed E-state index contributed by atoms with van der Waals surface area (Å²) in [6.45, 7) is 9.16. The van der Waals surface area contributed by atoms with Crippen LogP contribution < -0.4 is 0 Å². The Hall–Kier alpha value is -0.610. The summed E-state index contributed by atoms with van der Waals surface area (Å²) in [7, 11) is 0. The second-order valence-corrected chi connectivity index (χ2v) is 5.34. The lowest BCUT2D eigenvalue weighted by atomic mass is 10.0. The van der Waals surface area contributed by atoms with Gasteiger partial charge in [0.05, 0.1) is 6.21 Å². The van der Waals surface area contributed by atoms with E-state index in [2.05, 4.69) is 44.1 Å². The van der Waals surface area contributed by atoms with Crippen LogP contribution in [0.4, 0.5) is 0 Å². The molecule has 1 aromatic rings. The molecule has 2 nitrogen and oxygen atoms in total. The predicted octanol–water partition coefficient (Wildman–Crippen LogP) is 4.41. The molecule has 0 fully saturated rings. The third-order valence-electron chi connectivity index (χ3n) is 2.36. The van der Waals surface area contributed by atoms with Crippen molar-refractivity contribution in [2.24, 2.45) is 5.16 Å². The second kappa shape index (κ2) is 9.34. The highest BCUT2D eigenvalue weighted by molar-refractivity contribution is 7.99. The van der Waals surface area contributed by atoms with E-state index in [9.17, 15) is 0 Å². The average Bonchev–Trinajstić information content (AvgIpc) is 2.30. The Morgan fingerprint density at radius 1 is 1.33 bits per heavy atom. The van der Waals surface area contributed by atoms with Crippen molar-refractivity contribution in [2.45, 2.75) is 38.5 Å². The zero-order valence-electron chi connectivity index (χ0n) is 11.6. The van der Waals surface area contributed by atoms with Crippen molar-refractivity contribution in [3.8, 4) is 0 Å². The van der Waals surface area contributed by atoms with E-state index in [4.69, 9.17) is 4.84 Å². The lowest BCUT2D eigenvalue weighted by Crippen LogP contribution is -1.94. The quantitative estimate of drug-likeness (QED) is 0.439. The van der Waals surface area contributed by atoms with Gasteiger partial charge in [-0.05, 0) is 35.8 Å². The smallest absolute Gasteiger partial charge is 0.114 e. The molecule has 4 heteroatoms. The number of hydrogen-bond acceptors (Lipinski definition) is 3. The van der Waals surface area contributed by atoms with Crippen molar-refractivity contribution in [3.05, 3.63) is 29.3 Å². The third kappa shape index (κ3) is 5.36. The summed E-state index contributed by atoms with van der Waals surface area (Å²) in [6, 6.07) is 6.47. The van der Waals surface area contributed by atoms with E-state index < -0.39 is 0 Å². The van der Waals surface area contributed by atoms with Crippen molar-refractivity contribution < 1.29 is 4.84 Å². The van der Waals surface area contributed by atoms with E-state index in [-0.39, 0.29) is 13.5 Å². The molecule has 0 N–H and O–H groups in total. The predicted molar refractivity (Wildman–Crippen MR) is 86.5 cm³/mol. The number of oxime groups is 1. The van der Waals surface area contributed by atoms with E-state index >= 15 is 0 Å². The Morgan fingerprint density at radius 3 is 2.61 bits per heavy atom. The maximum Gasteiger partial charge on any atom is 0.114 e. The zero-order valence-corrected chi connectivity index (χ0v) is 13.4. The van der Waals surface area contributed by atoms with Gasteiger partial charge in [0, 0.05) is 4.90 Å². The summed E-state index contributed by atoms with van der Waals surface area (Å²) < 4.78 is 0. The topological polar surface area (TPSA) is 21.6 Å². The molecule has 0 bridgehead atoms. The van der Waals surface area contributed by atoms with Crippen molar-refractivity contribution >= 4 is 31.5 Å². The van der Waals surface area contributed by atoms with Crippen LogP contribution in [0, 0.1) is 0 Å². The molecule has 0 spiro atoms. The van der Waals surface area contributed by atoms with Gasteiger partial charge in [-0.25, -0.2) is 0 Å². The average molecular weight is 285 g/mol. The minimum absolute atomic E-state index is 0. The Balaban J connectivity index is 0.00000289. The highest BCUT2D eigenvalue weighted by atomic mass is 32.2. The lowest BCUT2D eigenvalue weighted by Gasteiger charge is -2.12. The van der Waals surface area contributed by atoms with Crippen LogP contribution in [-0.2, 0) is 4.84 Å². The van der Waals surface area contributed by atoms with Crippen molar-refractivity contribution in [2.75, 3.05) is 12.4 Å². The molecule has 1 rings (SSSR count). The molecule has 0 atom stereocenters. The van der Waals surface area contributed by atoms with Crippen LogP contribution in [0.15, 0.2) is 28.3 Å². The molecule has 0 aliphatic carbocycles. The number of benzene rings is 1. The van der Waals surface area contributed by atoms with Gasteiger partial charge in [0.2, 0.25) is 0 Å². The van der Waals surface area contributed by atoms with Gasteiger partial charge in [-0.2, -0.15) is 13.5 Å². The molecule has 0 radical (unpaired) electrons. The molecule has 0 heterocycles. The van der Waals surface area contributed by atoms with Crippen LogP contribution >= 0.6 is 25.3 Å². The standard InChI is InChI=1S/C14H21NOS.H2S/c1-5-16-15-10-12-7-8-13(11(3)4)14(9-12)17-6-2;/h7-11H,5-6H2,1-4H3;1H2/b15-10+;. The van der Waals surface area contributed by atoms with E-state index in [1.165, 1.54) is 10.5 Å². The Kier molecular flexibility index (Phi) is 9.02. The van der Waals surface area contributed by atoms with Gasteiger partial charge in [-0.1, -0.05) is 38.1 Å². The number of hydrogen-bond donors (Lipinski definition) is 0. The molecule has 0 aliphatic rings. The fourth-order valence-electron chi connectivity index (χ4n) is 1.56. The minimum atomic E-state index is 0. The molecule has 0 aliphatic heterocycles. The molecule has 102 valence electrons. The SMILES string of the molecule is CCO/N=C/c1ccc(C(C)C)c(SCC)c1.S. The third-order valence-corrected chi connectivity index (χ3v) is 3.32. The van der Waals surface area contributed by atoms with Gasteiger partial charge in [0.15, 0.2) is 0 Å². The maximum atomic E-state index is 4.98. The largest absolute Gasteiger partial charge is 0.396 e. The first-order valence-corrected chi connectivity index (χ1v) is 7.09. The summed E-state index contributed by atoms with van der Waals surface area (Å²) in [5.74, 6) is 1.65. The molecule has 0 amide bonds. The van der Waals surface area contributed by atoms with Crippen molar-refractivity contribution in [3.63, 3.8) is 0 Å². The van der Waals surface area contributed by atoms with Crippen LogP contribution in [-0.4, -0.2) is 18.6 Å². The fourth-order valence-corrected chi connectivity index (χ4v) is 2.56. The second-order valence-electron chi connectivity index (χ2n) is 4.04. The normalized spacial score (nSPS) is 10.7. The van der Waals surface area contributed by atoms with Gasteiger partial charge in [-0.15, -0.1) is 11.8 Å². The molecule has 0 saturated carbocycles. The molecule has 0 aromatic heterocycles. The van der Waals surface area contributed by atoms with Crippen LogP contribution in [0.2, 0.25) is 0 Å². The molecular formula is C14H23NOS2. The fraction of sp³-hybridized carbons (Fsp3) is 0.500. The van der Waals surface area contributed by atoms with Crippen LogP contribution in [0.1, 0.15) is 44.7 Å². The van der Waals surface area contributed by atoms with Crippen LogP contribution in [0.3, 0.4) is 0 Å². The van der Waals surface area contributed by atoms with Crippen molar-refractivity contribution in [1.82, 2.24) is 0 Å². The Morgan fingerprint density at radius 2 is 2.06 bits per heavy atom. The molecule has 0 unspecified atom stereocenters. The van der Waals surface area contributed by atoms with Crippen LogP contribution in [0.25, 0.3) is 0 Å². The lowest BCUT2D eigenvalue weighted by molar-refractivity contribution is 0.160. The van der Waals surface area contributed by atoms with Gasteiger partial charge in [0.1, 0.15) is 6.61 Å². The highest BCUT2D eigenvalue weighted by Gasteiger charge is 2.07. The monoisotopic (exact) mass is 285 g/mol. The van der Waals surface area contributed by atoms with Crippen molar-refractivity contribution in [1.29, 1.82) is 0 Å². The molecule has 1 aromatic carbocycles. The van der Waals surface area contributed by atoms with Crippen LogP contribution in [0.5, 0.6) is 0 Å². The molecule has 0 saturated heterocycles. The first-order chi connectivity index (χ1) is 8.19. The number of thioether (sulfide) groups is 1. The molecular weight excluding hydrogens is 262 g/mol. The van der Waals surface area contributed by atoms with Gasteiger partial charge >= 0.3 is 0 Å². The van der Waals surface area contributed by atoms with E-state index in [0.717, 1.165) is 11.3 Å². The highest BCUT2D eigenvalue weighted by Crippen LogP contribution is 2.29. The summed E-state index contributed by atoms with van der Waals surface area (Å²) >= 11 is 1.88. The summed E-state index contributed by atoms with van der Waals surface area (Å²) in [4.78, 5) is 6.33. The first-order valence-electron chi connectivity index (χ1n) is 6.11.